The number of rotatable bonds is 5. The van der Waals surface area contributed by atoms with Gasteiger partial charge in [0.05, 0.1) is 22.9 Å². The Hall–Kier alpha value is -4.66. The Morgan fingerprint density at radius 2 is 1.75 bits per heavy atom. The van der Waals surface area contributed by atoms with Gasteiger partial charge in [-0.3, -0.25) is 19.5 Å². The van der Waals surface area contributed by atoms with Gasteiger partial charge in [-0.25, -0.2) is 4.79 Å². The zero-order chi connectivity index (χ0) is 25.4. The molecule has 0 aliphatic carbocycles. The van der Waals surface area contributed by atoms with E-state index in [1.54, 1.807) is 68.6 Å². The highest BCUT2D eigenvalue weighted by molar-refractivity contribution is 6.51. The molecule has 1 aromatic heterocycles. The van der Waals surface area contributed by atoms with Gasteiger partial charge in [0.25, 0.3) is 11.7 Å². The molecule has 0 bridgehead atoms. The normalized spacial score (nSPS) is 18.1. The maximum atomic E-state index is 13.3. The van der Waals surface area contributed by atoms with Gasteiger partial charge in [0.15, 0.2) is 11.5 Å². The third kappa shape index (κ3) is 4.04. The Labute approximate surface area is 206 Å². The van der Waals surface area contributed by atoms with Crippen LogP contribution in [0.5, 0.6) is 11.5 Å². The van der Waals surface area contributed by atoms with Crippen molar-refractivity contribution in [2.24, 2.45) is 0 Å². The summed E-state index contributed by atoms with van der Waals surface area (Å²) in [5.41, 5.74) is 1.24. The fraction of sp³-hybridized carbons (Fsp3) is 0.185. The van der Waals surface area contributed by atoms with Gasteiger partial charge >= 0.3 is 5.97 Å². The molecule has 2 aliphatic heterocycles. The fourth-order valence-electron chi connectivity index (χ4n) is 4.16. The Morgan fingerprint density at radius 3 is 2.44 bits per heavy atom. The molecule has 1 unspecified atom stereocenters. The molecule has 1 fully saturated rings. The number of anilines is 1. The molecule has 36 heavy (non-hydrogen) atoms. The maximum Gasteiger partial charge on any atom is 0.338 e. The topological polar surface area (TPSA) is 115 Å². The summed E-state index contributed by atoms with van der Waals surface area (Å²) >= 11 is 0. The standard InChI is InChI=1S/C27H22N2O7/c1-15(2)36-27(33)16-6-9-18(10-7-16)29-23(19-5-3-4-12-28-19)22(25(31)26(29)32)24(30)17-8-11-20-21(13-17)35-14-34-20/h3-13,15,23,30H,14H2,1-2H3/b24-22-. The van der Waals surface area contributed by atoms with E-state index >= 15 is 0 Å². The Kier molecular flexibility index (Phi) is 5.89. The van der Waals surface area contributed by atoms with Crippen LogP contribution in [0.2, 0.25) is 0 Å². The second kappa shape index (κ2) is 9.18. The molecule has 0 spiro atoms. The molecule has 2 aromatic carbocycles. The van der Waals surface area contributed by atoms with Crippen molar-refractivity contribution in [3.8, 4) is 11.5 Å². The van der Waals surface area contributed by atoms with E-state index in [0.717, 1.165) is 0 Å². The van der Waals surface area contributed by atoms with Crippen LogP contribution in [0.3, 0.4) is 0 Å². The first-order chi connectivity index (χ1) is 17.3. The second-order valence-corrected chi connectivity index (χ2v) is 8.49. The number of fused-ring (bicyclic) bond motifs is 1. The number of nitrogens with zero attached hydrogens (tertiary/aromatic N) is 2. The minimum Gasteiger partial charge on any atom is -0.507 e. The zero-order valence-electron chi connectivity index (χ0n) is 19.5. The smallest absolute Gasteiger partial charge is 0.338 e. The first kappa shape index (κ1) is 23.1. The van der Waals surface area contributed by atoms with E-state index in [1.165, 1.54) is 17.0 Å². The van der Waals surface area contributed by atoms with E-state index in [-0.39, 0.29) is 24.2 Å². The molecular weight excluding hydrogens is 464 g/mol. The number of esters is 1. The number of ketones is 1. The lowest BCUT2D eigenvalue weighted by molar-refractivity contribution is -0.132. The summed E-state index contributed by atoms with van der Waals surface area (Å²) in [4.78, 5) is 44.4. The molecule has 3 aromatic rings. The molecule has 0 radical (unpaired) electrons. The van der Waals surface area contributed by atoms with Crippen LogP contribution in [0.15, 0.2) is 72.4 Å². The van der Waals surface area contributed by atoms with Crippen molar-refractivity contribution >= 4 is 29.1 Å². The first-order valence-electron chi connectivity index (χ1n) is 11.3. The summed E-state index contributed by atoms with van der Waals surface area (Å²) in [6, 6.07) is 15.0. The van der Waals surface area contributed by atoms with Crippen molar-refractivity contribution in [2.75, 3.05) is 11.7 Å². The summed E-state index contributed by atoms with van der Waals surface area (Å²) in [5.74, 6) is -1.60. The number of aromatic nitrogens is 1. The minimum absolute atomic E-state index is 0.0541. The molecule has 1 atom stereocenters. The maximum absolute atomic E-state index is 13.3. The lowest BCUT2D eigenvalue weighted by Gasteiger charge is -2.24. The number of hydrogen-bond donors (Lipinski definition) is 1. The van der Waals surface area contributed by atoms with Crippen LogP contribution in [-0.4, -0.2) is 40.6 Å². The van der Waals surface area contributed by atoms with Crippen molar-refractivity contribution in [3.05, 3.63) is 89.3 Å². The number of carbonyl (C=O) groups excluding carboxylic acids is 3. The molecule has 1 N–H and O–H groups in total. The van der Waals surface area contributed by atoms with Crippen molar-refractivity contribution in [1.29, 1.82) is 0 Å². The quantitative estimate of drug-likeness (QED) is 0.249. The van der Waals surface area contributed by atoms with E-state index in [0.29, 0.717) is 34.0 Å². The average Bonchev–Trinajstić information content (AvgIpc) is 3.46. The summed E-state index contributed by atoms with van der Waals surface area (Å²) in [6.07, 6.45) is 1.26. The molecule has 5 rings (SSSR count). The molecule has 1 amide bonds. The number of hydrogen-bond acceptors (Lipinski definition) is 8. The number of Topliss-reactive ketones (excluding diaryl/α,β-unsaturated/α-hetero) is 1. The highest BCUT2D eigenvalue weighted by Crippen LogP contribution is 2.42. The molecule has 182 valence electrons. The molecular formula is C27H22N2O7. The van der Waals surface area contributed by atoms with Gasteiger partial charge in [-0.2, -0.15) is 0 Å². The average molecular weight is 486 g/mol. The number of carbonyl (C=O) groups is 3. The molecule has 1 saturated heterocycles. The third-order valence-electron chi connectivity index (χ3n) is 5.78. The lowest BCUT2D eigenvalue weighted by Crippen LogP contribution is -2.29. The second-order valence-electron chi connectivity index (χ2n) is 8.49. The molecule has 2 aliphatic rings. The first-order valence-corrected chi connectivity index (χ1v) is 11.3. The van der Waals surface area contributed by atoms with Crippen LogP contribution in [0, 0.1) is 0 Å². The van der Waals surface area contributed by atoms with Crippen LogP contribution < -0.4 is 14.4 Å². The number of aliphatic hydroxyl groups is 1. The van der Waals surface area contributed by atoms with Gasteiger partial charge in [0, 0.05) is 17.4 Å². The molecule has 3 heterocycles. The highest BCUT2D eigenvalue weighted by atomic mass is 16.7. The van der Waals surface area contributed by atoms with Crippen LogP contribution in [0.1, 0.15) is 41.5 Å². The fourth-order valence-corrected chi connectivity index (χ4v) is 4.16. The predicted molar refractivity (Wildman–Crippen MR) is 129 cm³/mol. The Morgan fingerprint density at radius 1 is 1.03 bits per heavy atom. The summed E-state index contributed by atoms with van der Waals surface area (Å²) in [5, 5.41) is 11.2. The van der Waals surface area contributed by atoms with E-state index in [9.17, 15) is 19.5 Å². The van der Waals surface area contributed by atoms with Gasteiger partial charge in [-0.15, -0.1) is 0 Å². The summed E-state index contributed by atoms with van der Waals surface area (Å²) < 4.78 is 15.9. The molecule has 9 nitrogen and oxygen atoms in total. The largest absolute Gasteiger partial charge is 0.507 e. The SMILES string of the molecule is CC(C)OC(=O)c1ccc(N2C(=O)C(=O)/C(=C(\O)c3ccc4c(c3)OCO4)C2c2ccccn2)cc1. The van der Waals surface area contributed by atoms with Gasteiger partial charge in [-0.1, -0.05) is 6.07 Å². The summed E-state index contributed by atoms with van der Waals surface area (Å²) in [7, 11) is 0. The highest BCUT2D eigenvalue weighted by Gasteiger charge is 2.47. The van der Waals surface area contributed by atoms with Gasteiger partial charge in [-0.05, 0) is 68.4 Å². The number of pyridine rings is 1. The number of ether oxygens (including phenoxy) is 3. The van der Waals surface area contributed by atoms with Gasteiger partial charge in [0.2, 0.25) is 6.79 Å². The van der Waals surface area contributed by atoms with E-state index in [2.05, 4.69) is 4.98 Å². The monoisotopic (exact) mass is 486 g/mol. The molecule has 0 saturated carbocycles. The molecule has 9 heteroatoms. The Bertz CT molecular complexity index is 1380. The lowest BCUT2D eigenvalue weighted by atomic mass is 9.98. The van der Waals surface area contributed by atoms with Crippen molar-refractivity contribution < 1.29 is 33.7 Å². The minimum atomic E-state index is -0.995. The van der Waals surface area contributed by atoms with Gasteiger partial charge in [0.1, 0.15) is 11.8 Å². The van der Waals surface area contributed by atoms with E-state index in [1.807, 2.05) is 0 Å². The van der Waals surface area contributed by atoms with Crippen LogP contribution in [0.4, 0.5) is 5.69 Å². The van der Waals surface area contributed by atoms with Crippen molar-refractivity contribution in [3.63, 3.8) is 0 Å². The van der Waals surface area contributed by atoms with Crippen LogP contribution in [0.25, 0.3) is 5.76 Å². The summed E-state index contributed by atoms with van der Waals surface area (Å²) in [6.45, 7) is 3.55. The van der Waals surface area contributed by atoms with E-state index < -0.39 is 23.7 Å². The third-order valence-corrected chi connectivity index (χ3v) is 5.78. The van der Waals surface area contributed by atoms with Crippen molar-refractivity contribution in [1.82, 2.24) is 4.98 Å². The zero-order valence-corrected chi connectivity index (χ0v) is 19.5. The van der Waals surface area contributed by atoms with Crippen LogP contribution in [-0.2, 0) is 14.3 Å². The number of aliphatic hydroxyl groups excluding tert-OH is 1. The van der Waals surface area contributed by atoms with Crippen LogP contribution >= 0.6 is 0 Å². The van der Waals surface area contributed by atoms with Gasteiger partial charge < -0.3 is 19.3 Å². The number of amides is 1. The Balaban J connectivity index is 1.60. The van der Waals surface area contributed by atoms with Crippen molar-refractivity contribution in [2.45, 2.75) is 26.0 Å². The number of benzene rings is 2. The predicted octanol–water partition coefficient (Wildman–Crippen LogP) is 4.00. The van der Waals surface area contributed by atoms with E-state index in [4.69, 9.17) is 14.2 Å².